The number of hydrogen-bond acceptors (Lipinski definition) is 5. The summed E-state index contributed by atoms with van der Waals surface area (Å²) in [6.07, 6.45) is 2.69. The van der Waals surface area contributed by atoms with Crippen molar-refractivity contribution in [1.29, 1.82) is 0 Å². The Balaban J connectivity index is 1.44. The second-order valence-corrected chi connectivity index (χ2v) is 10.0. The van der Waals surface area contributed by atoms with Gasteiger partial charge in [-0.05, 0) is 62.9 Å². The average molecular weight is 479 g/mol. The van der Waals surface area contributed by atoms with Gasteiger partial charge in [0.1, 0.15) is 18.1 Å². The molecule has 35 heavy (non-hydrogen) atoms. The van der Waals surface area contributed by atoms with Gasteiger partial charge in [-0.3, -0.25) is 4.90 Å². The lowest BCUT2D eigenvalue weighted by molar-refractivity contribution is 0.203. The van der Waals surface area contributed by atoms with E-state index in [0.717, 1.165) is 25.1 Å². The largest absolute Gasteiger partial charge is 0.486 e. The predicted octanol–water partition coefficient (Wildman–Crippen LogP) is 5.39. The summed E-state index contributed by atoms with van der Waals surface area (Å²) >= 11 is 0. The molecule has 5 nitrogen and oxygen atoms in total. The molecule has 5 rings (SSSR count). The fraction of sp³-hybridized carbons (Fsp3) is 0.429. The van der Waals surface area contributed by atoms with E-state index in [1.165, 1.54) is 23.4 Å². The maximum atomic E-state index is 15.0. The monoisotopic (exact) mass is 478 g/mol. The number of hydrogen-bond donors (Lipinski definition) is 0. The second-order valence-electron chi connectivity index (χ2n) is 10.0. The van der Waals surface area contributed by atoms with Crippen molar-refractivity contribution in [3.63, 3.8) is 0 Å². The van der Waals surface area contributed by atoms with E-state index in [1.54, 1.807) is 6.07 Å². The van der Waals surface area contributed by atoms with Crippen LogP contribution in [0.4, 0.5) is 14.5 Å². The fourth-order valence-corrected chi connectivity index (χ4v) is 5.03. The molecule has 0 amide bonds. The Kier molecular flexibility index (Phi) is 6.45. The third-order valence-corrected chi connectivity index (χ3v) is 7.01. The maximum Gasteiger partial charge on any atom is 0.178 e. The highest BCUT2D eigenvalue weighted by Gasteiger charge is 2.26. The predicted molar refractivity (Wildman–Crippen MR) is 134 cm³/mol. The van der Waals surface area contributed by atoms with E-state index in [2.05, 4.69) is 51.8 Å². The van der Waals surface area contributed by atoms with Gasteiger partial charge in [0.05, 0.1) is 18.4 Å². The summed E-state index contributed by atoms with van der Waals surface area (Å²) in [6.45, 7) is 11.6. The molecule has 0 aliphatic carbocycles. The van der Waals surface area contributed by atoms with Gasteiger partial charge in [0, 0.05) is 37.2 Å². The van der Waals surface area contributed by atoms with Crippen molar-refractivity contribution >= 4 is 5.69 Å². The topological polar surface area (TPSA) is 41.5 Å². The molecule has 7 heteroatoms. The summed E-state index contributed by atoms with van der Waals surface area (Å²) < 4.78 is 35.4. The lowest BCUT2D eigenvalue weighted by Gasteiger charge is -2.34. The quantitative estimate of drug-likeness (QED) is 0.492. The summed E-state index contributed by atoms with van der Waals surface area (Å²) in [7, 11) is 0. The van der Waals surface area contributed by atoms with Gasteiger partial charge in [0.25, 0.3) is 0 Å². The Morgan fingerprint density at radius 2 is 1.80 bits per heavy atom. The Hall–Kier alpha value is -3.06. The highest BCUT2D eigenvalue weighted by atomic mass is 19.1. The molecule has 2 aliphatic heterocycles. The minimum absolute atomic E-state index is 0.108. The molecule has 1 aromatic heterocycles. The highest BCUT2D eigenvalue weighted by Crippen LogP contribution is 2.39. The molecular weight excluding hydrogens is 446 g/mol. The zero-order valence-electron chi connectivity index (χ0n) is 20.8. The van der Waals surface area contributed by atoms with Crippen molar-refractivity contribution in [3.05, 3.63) is 70.7 Å². The van der Waals surface area contributed by atoms with Crippen LogP contribution in [0.25, 0.3) is 11.3 Å². The van der Waals surface area contributed by atoms with Gasteiger partial charge in [-0.1, -0.05) is 18.2 Å². The van der Waals surface area contributed by atoms with E-state index < -0.39 is 11.6 Å². The van der Waals surface area contributed by atoms with Gasteiger partial charge >= 0.3 is 0 Å². The summed E-state index contributed by atoms with van der Waals surface area (Å²) in [6, 6.07) is 10.3. The van der Waals surface area contributed by atoms with Crippen LogP contribution in [0.15, 0.2) is 36.5 Å². The third kappa shape index (κ3) is 4.74. The number of ether oxygens (including phenoxy) is 1. The molecule has 0 radical (unpaired) electrons. The molecule has 184 valence electrons. The van der Waals surface area contributed by atoms with Gasteiger partial charge in [0.15, 0.2) is 17.4 Å². The van der Waals surface area contributed by atoms with Crippen molar-refractivity contribution < 1.29 is 13.5 Å². The average Bonchev–Trinajstić information content (AvgIpc) is 2.84. The molecule has 0 spiro atoms. The lowest BCUT2D eigenvalue weighted by Crippen LogP contribution is -2.38. The van der Waals surface area contributed by atoms with E-state index in [1.807, 2.05) is 13.8 Å². The van der Waals surface area contributed by atoms with E-state index in [9.17, 15) is 8.78 Å². The summed E-state index contributed by atoms with van der Waals surface area (Å²) in [5.74, 6) is -0.350. The number of benzene rings is 2. The van der Waals surface area contributed by atoms with E-state index in [4.69, 9.17) is 4.74 Å². The molecule has 0 N–H and O–H groups in total. The van der Waals surface area contributed by atoms with E-state index >= 15 is 0 Å². The van der Waals surface area contributed by atoms with Crippen molar-refractivity contribution in [2.75, 3.05) is 24.6 Å². The third-order valence-electron chi connectivity index (χ3n) is 7.01. The van der Waals surface area contributed by atoms with Gasteiger partial charge in [0.2, 0.25) is 0 Å². The van der Waals surface area contributed by atoms with Crippen molar-refractivity contribution in [2.24, 2.45) is 0 Å². The molecule has 2 aliphatic rings. The number of anilines is 1. The molecule has 3 aromatic rings. The minimum Gasteiger partial charge on any atom is -0.486 e. The van der Waals surface area contributed by atoms with E-state index in [-0.39, 0.29) is 17.5 Å². The number of fused-ring (bicyclic) bond motifs is 2. The Morgan fingerprint density at radius 1 is 0.971 bits per heavy atom. The van der Waals surface area contributed by atoms with Crippen LogP contribution in [0.1, 0.15) is 50.2 Å². The van der Waals surface area contributed by atoms with Crippen LogP contribution in [0.2, 0.25) is 0 Å². The highest BCUT2D eigenvalue weighted by molar-refractivity contribution is 5.72. The summed E-state index contributed by atoms with van der Waals surface area (Å²) in [5, 5.41) is 0. The van der Waals surface area contributed by atoms with Gasteiger partial charge in [-0.15, -0.1) is 0 Å². The SMILES string of the molecule is CC(C)N1CCc2cc(Cc3ncc(F)c(-c4cc(F)c5c(c4)N(C(C)C)CCO5)n3)ccc2C1. The van der Waals surface area contributed by atoms with Gasteiger partial charge < -0.3 is 9.64 Å². The smallest absolute Gasteiger partial charge is 0.178 e. The number of rotatable bonds is 5. The normalized spacial score (nSPS) is 15.8. The van der Waals surface area contributed by atoms with Crippen LogP contribution in [0, 0.1) is 11.6 Å². The Labute approximate surface area is 205 Å². The molecule has 2 aromatic carbocycles. The molecular formula is C28H32F2N4O. The molecule has 0 bridgehead atoms. The minimum atomic E-state index is -0.569. The first-order valence-electron chi connectivity index (χ1n) is 12.4. The molecule has 0 atom stereocenters. The van der Waals surface area contributed by atoms with Gasteiger partial charge in [-0.2, -0.15) is 0 Å². The molecule has 0 saturated heterocycles. The number of aromatic nitrogens is 2. The Morgan fingerprint density at radius 3 is 2.57 bits per heavy atom. The van der Waals surface area contributed by atoms with Crippen LogP contribution < -0.4 is 9.64 Å². The number of halogens is 2. The molecule has 3 heterocycles. The molecule has 0 fully saturated rings. The van der Waals surface area contributed by atoms with Crippen LogP contribution in [0.5, 0.6) is 5.75 Å². The van der Waals surface area contributed by atoms with Crippen molar-refractivity contribution in [3.8, 4) is 17.0 Å². The lowest BCUT2D eigenvalue weighted by atomic mass is 9.95. The van der Waals surface area contributed by atoms with Crippen LogP contribution in [-0.4, -0.2) is 46.6 Å². The van der Waals surface area contributed by atoms with Crippen molar-refractivity contribution in [2.45, 2.75) is 59.2 Å². The standard InChI is InChI=1S/C28H32F2N4O/c1-17(2)33-8-7-20-11-19(5-6-21(20)16-33)12-26-31-15-24(30)27(32-26)22-13-23(29)28-25(14-22)34(18(3)4)9-10-35-28/h5-6,11,13-15,17-18H,7-10,12,16H2,1-4H3. The first-order chi connectivity index (χ1) is 16.8. The second kappa shape index (κ2) is 9.53. The first-order valence-corrected chi connectivity index (χ1v) is 12.4. The fourth-order valence-electron chi connectivity index (χ4n) is 5.03. The Bertz CT molecular complexity index is 1240. The zero-order chi connectivity index (χ0) is 24.7. The van der Waals surface area contributed by atoms with Crippen molar-refractivity contribution in [1.82, 2.24) is 14.9 Å². The van der Waals surface area contributed by atoms with Crippen LogP contribution in [0.3, 0.4) is 0 Å². The zero-order valence-corrected chi connectivity index (χ0v) is 20.8. The van der Waals surface area contributed by atoms with Crippen LogP contribution in [-0.2, 0) is 19.4 Å². The number of nitrogens with zero attached hydrogens (tertiary/aromatic N) is 4. The van der Waals surface area contributed by atoms with Gasteiger partial charge in [-0.25, -0.2) is 18.7 Å². The molecule has 0 unspecified atom stereocenters. The van der Waals surface area contributed by atoms with E-state index in [0.29, 0.717) is 42.7 Å². The summed E-state index contributed by atoms with van der Waals surface area (Å²) in [4.78, 5) is 13.3. The molecule has 0 saturated carbocycles. The van der Waals surface area contributed by atoms with Crippen LogP contribution >= 0.6 is 0 Å². The summed E-state index contributed by atoms with van der Waals surface area (Å²) in [5.41, 5.74) is 4.93. The maximum absolute atomic E-state index is 15.0. The first kappa shape index (κ1) is 23.7.